The van der Waals surface area contributed by atoms with Crippen molar-refractivity contribution in [2.24, 2.45) is 5.41 Å². The number of halogens is 3. The summed E-state index contributed by atoms with van der Waals surface area (Å²) in [5.74, 6) is -0.955. The Morgan fingerprint density at radius 2 is 1.61 bits per heavy atom. The van der Waals surface area contributed by atoms with Crippen LogP contribution in [-0.4, -0.2) is 113 Å². The minimum atomic E-state index is -4.86. The molecule has 3 heterocycles. The van der Waals surface area contributed by atoms with Crippen molar-refractivity contribution in [1.82, 2.24) is 20.5 Å². The summed E-state index contributed by atoms with van der Waals surface area (Å²) in [6, 6.07) is 16.1. The number of β-amino-alcohol motifs (C(OH)–C–C–N with tert-alkyl or cyclic N) is 1. The number of urea groups is 1. The number of benzene rings is 3. The van der Waals surface area contributed by atoms with E-state index in [9.17, 15) is 42.6 Å². The van der Waals surface area contributed by atoms with E-state index in [1.165, 1.54) is 24.8 Å². The van der Waals surface area contributed by atoms with Gasteiger partial charge < -0.3 is 35.1 Å². The third kappa shape index (κ3) is 13.5. The van der Waals surface area contributed by atoms with Crippen LogP contribution < -0.4 is 25.2 Å². The zero-order valence-electron chi connectivity index (χ0n) is 40.8. The number of nitrogens with zero attached hydrogens (tertiary/aromatic N) is 5. The predicted octanol–water partition coefficient (Wildman–Crippen LogP) is 7.33. The number of nitriles is 1. The molecule has 0 spiro atoms. The van der Waals surface area contributed by atoms with Gasteiger partial charge in [-0.05, 0) is 112 Å². The number of hydrogen-bond acceptors (Lipinski definition) is 13. The first-order valence-corrected chi connectivity index (χ1v) is 24.4. The number of thiazole rings is 1. The van der Waals surface area contributed by atoms with Crippen molar-refractivity contribution < 1.29 is 56.8 Å². The molecular formula is C51H62F3N7O9S. The molecule has 0 aliphatic carbocycles. The number of likely N-dealkylation sites (tertiary alicyclic amines) is 1. The maximum atomic E-state index is 13.7. The van der Waals surface area contributed by atoms with E-state index in [0.717, 1.165) is 53.1 Å². The van der Waals surface area contributed by atoms with E-state index in [4.69, 9.17) is 19.5 Å². The summed E-state index contributed by atoms with van der Waals surface area (Å²) in [6.07, 6.45) is -3.94. The first-order valence-electron chi connectivity index (χ1n) is 23.5. The van der Waals surface area contributed by atoms with Crippen LogP contribution in [0.15, 0.2) is 72.2 Å². The molecular weight excluding hydrogens is 944 g/mol. The molecule has 4 N–H and O–H groups in total. The first kappa shape index (κ1) is 54.4. The molecule has 4 atom stereocenters. The minimum Gasteiger partial charge on any atom is -0.494 e. The van der Waals surface area contributed by atoms with Crippen LogP contribution in [0.1, 0.15) is 89.1 Å². The lowest BCUT2D eigenvalue weighted by Crippen LogP contribution is -2.60. The maximum Gasteiger partial charge on any atom is 0.417 e. The maximum absolute atomic E-state index is 13.7. The SMILES string of the molecule is Cc1ncsc1-c1ccc(CNC(=O)[C@@H]2C[C@@H](O)CN2C(O)[C@@H](NC(=O)COCCCOCCCCCOc2ccc(N3C(=O)N(c4ccc(C#N)c(C(F)(F)F)c4)C(=O)C3(C)C)cc2)C(C)(C)C)cc1. The Balaban J connectivity index is 0.850. The Bertz CT molecular complexity index is 2530. The number of rotatable bonds is 22. The number of aliphatic hydroxyl groups is 2. The molecule has 0 bridgehead atoms. The van der Waals surface area contributed by atoms with Crippen molar-refractivity contribution in [3.8, 4) is 22.3 Å². The molecule has 71 heavy (non-hydrogen) atoms. The molecule has 1 unspecified atom stereocenters. The molecule has 2 aliphatic rings. The molecule has 16 nitrogen and oxygen atoms in total. The van der Waals surface area contributed by atoms with Crippen LogP contribution in [0.5, 0.6) is 5.75 Å². The monoisotopic (exact) mass is 1010 g/mol. The number of ether oxygens (including phenoxy) is 3. The second kappa shape index (κ2) is 23.5. The van der Waals surface area contributed by atoms with Crippen molar-refractivity contribution >= 4 is 46.5 Å². The molecule has 2 aliphatic heterocycles. The number of amides is 5. The van der Waals surface area contributed by atoms with Crippen molar-refractivity contribution in [2.45, 2.75) is 116 Å². The Morgan fingerprint density at radius 3 is 2.25 bits per heavy atom. The van der Waals surface area contributed by atoms with Crippen LogP contribution in [0.2, 0.25) is 0 Å². The Morgan fingerprint density at radius 1 is 0.944 bits per heavy atom. The summed E-state index contributed by atoms with van der Waals surface area (Å²) in [5.41, 5.74) is 0.858. The number of anilines is 2. The molecule has 1 aromatic heterocycles. The van der Waals surface area contributed by atoms with Gasteiger partial charge in [-0.1, -0.05) is 45.0 Å². The molecule has 2 saturated heterocycles. The Labute approximate surface area is 415 Å². The van der Waals surface area contributed by atoms with Gasteiger partial charge in [0, 0.05) is 38.6 Å². The summed E-state index contributed by atoms with van der Waals surface area (Å²) in [5, 5.41) is 37.2. The lowest BCUT2D eigenvalue weighted by atomic mass is 9.85. The largest absolute Gasteiger partial charge is 0.494 e. The predicted molar refractivity (Wildman–Crippen MR) is 260 cm³/mol. The summed E-state index contributed by atoms with van der Waals surface area (Å²) in [6.45, 7) is 12.3. The fourth-order valence-electron chi connectivity index (χ4n) is 8.55. The average Bonchev–Trinajstić information content (AvgIpc) is 3.99. The molecule has 0 saturated carbocycles. The van der Waals surface area contributed by atoms with Crippen LogP contribution in [0.3, 0.4) is 0 Å². The van der Waals surface area contributed by atoms with Gasteiger partial charge in [0.1, 0.15) is 24.1 Å². The summed E-state index contributed by atoms with van der Waals surface area (Å²) in [4.78, 5) is 62.3. The molecule has 20 heteroatoms. The zero-order valence-corrected chi connectivity index (χ0v) is 41.6. The Kier molecular flexibility index (Phi) is 18.0. The number of carbonyl (C=O) groups is 4. The highest BCUT2D eigenvalue weighted by Gasteiger charge is 2.53. The highest BCUT2D eigenvalue weighted by Crippen LogP contribution is 2.40. The van der Waals surface area contributed by atoms with Crippen LogP contribution in [0.4, 0.5) is 29.3 Å². The van der Waals surface area contributed by atoms with Crippen LogP contribution in [0, 0.1) is 23.7 Å². The molecule has 382 valence electrons. The number of aliphatic hydroxyl groups excluding tert-OH is 2. The van der Waals surface area contributed by atoms with E-state index in [2.05, 4.69) is 15.6 Å². The molecule has 6 rings (SSSR count). The second-order valence-electron chi connectivity index (χ2n) is 19.2. The van der Waals surface area contributed by atoms with E-state index in [-0.39, 0.29) is 44.3 Å². The van der Waals surface area contributed by atoms with Gasteiger partial charge in [0.2, 0.25) is 11.8 Å². The number of imide groups is 1. The van der Waals surface area contributed by atoms with Gasteiger partial charge in [-0.2, -0.15) is 18.4 Å². The normalized spacial score (nSPS) is 18.1. The van der Waals surface area contributed by atoms with E-state index in [1.54, 1.807) is 46.0 Å². The fourth-order valence-corrected chi connectivity index (χ4v) is 9.36. The van der Waals surface area contributed by atoms with Gasteiger partial charge in [-0.25, -0.2) is 14.7 Å². The summed E-state index contributed by atoms with van der Waals surface area (Å²) >= 11 is 1.57. The first-order chi connectivity index (χ1) is 33.6. The standard InChI is InChI=1S/C51H62F3N7O9S/c1-32-43(71-31-57-32)34-13-11-33(12-14-34)28-56-45(64)41-26-38(62)29-59(41)46(65)44(49(2,3)4)58-42(63)30-69-23-10-22-68-21-8-7-9-24-70-39-19-17-36(18-20-39)61-48(67)60(47(66)50(61,5)6)37-16-15-35(27-55)40(25-37)51(52,53)54/h11-20,25,31,38,41,44,46,62,65H,7-10,21-24,26,28-30H2,1-6H3,(H,56,64)(H,58,63)/t38-,41+,44-,46?/m1/s1. The lowest BCUT2D eigenvalue weighted by Gasteiger charge is -2.40. The highest BCUT2D eigenvalue weighted by atomic mass is 32.1. The van der Waals surface area contributed by atoms with Crippen molar-refractivity contribution in [3.05, 3.63) is 94.6 Å². The minimum absolute atomic E-state index is 0.0641. The molecule has 4 aromatic rings. The molecule has 0 radical (unpaired) electrons. The number of hydrogen-bond donors (Lipinski definition) is 4. The van der Waals surface area contributed by atoms with Gasteiger partial charge >= 0.3 is 12.2 Å². The van der Waals surface area contributed by atoms with Gasteiger partial charge in [0.05, 0.1) is 63.8 Å². The number of carbonyl (C=O) groups excluding carboxylic acids is 4. The van der Waals surface area contributed by atoms with E-state index in [1.807, 2.05) is 52.0 Å². The smallest absolute Gasteiger partial charge is 0.417 e. The van der Waals surface area contributed by atoms with Crippen LogP contribution >= 0.6 is 11.3 Å². The lowest BCUT2D eigenvalue weighted by molar-refractivity contribution is -0.138. The summed E-state index contributed by atoms with van der Waals surface area (Å²) in [7, 11) is 0. The fraction of sp³-hybridized carbons (Fsp3) is 0.490. The van der Waals surface area contributed by atoms with E-state index < -0.39 is 70.5 Å². The quantitative estimate of drug-likeness (QED) is 0.0451. The van der Waals surface area contributed by atoms with Crippen molar-refractivity contribution in [3.63, 3.8) is 0 Å². The molecule has 2 fully saturated rings. The topological polar surface area (TPSA) is 207 Å². The summed E-state index contributed by atoms with van der Waals surface area (Å²) < 4.78 is 58.2. The van der Waals surface area contributed by atoms with Gasteiger partial charge in [0.15, 0.2) is 0 Å². The number of alkyl halides is 3. The van der Waals surface area contributed by atoms with Crippen molar-refractivity contribution in [2.75, 3.05) is 49.4 Å². The second-order valence-corrected chi connectivity index (χ2v) is 20.0. The van der Waals surface area contributed by atoms with Gasteiger partial charge in [0.25, 0.3) is 5.91 Å². The highest BCUT2D eigenvalue weighted by molar-refractivity contribution is 7.13. The van der Waals surface area contributed by atoms with Gasteiger partial charge in [-0.15, -0.1) is 11.3 Å². The van der Waals surface area contributed by atoms with Crippen LogP contribution in [-0.2, 0) is 36.6 Å². The average molecular weight is 1010 g/mol. The third-order valence-electron chi connectivity index (χ3n) is 12.4. The Hall–Kier alpha value is -5.95. The van der Waals surface area contributed by atoms with E-state index in [0.29, 0.717) is 48.6 Å². The number of unbranched alkanes of at least 4 members (excludes halogenated alkanes) is 2. The zero-order chi connectivity index (χ0) is 51.7. The van der Waals surface area contributed by atoms with E-state index >= 15 is 0 Å². The number of aryl methyl sites for hydroxylation is 1. The number of aromatic nitrogens is 1. The number of nitrogens with one attached hydrogen (secondary N) is 2. The molecule has 5 amide bonds. The van der Waals surface area contributed by atoms with Crippen molar-refractivity contribution in [1.29, 1.82) is 5.26 Å². The third-order valence-corrected chi connectivity index (χ3v) is 13.4. The van der Waals surface area contributed by atoms with Crippen LogP contribution in [0.25, 0.3) is 10.4 Å². The molecule has 3 aromatic carbocycles. The van der Waals surface area contributed by atoms with Gasteiger partial charge in [-0.3, -0.25) is 24.2 Å².